The number of amides is 1. The molecule has 2 rings (SSSR count). The standard InChI is InChI=1S/C13H20N2OS/c1-9(10-5-2-3-6-10)15-13(16)12(14)11-7-4-8-17-11/h4,7-10,12H,2-3,5-6,14H2,1H3,(H,15,16)/t9-,12?/m0/s1. The average molecular weight is 252 g/mol. The molecule has 0 aliphatic heterocycles. The molecule has 4 heteroatoms. The number of carbonyl (C=O) groups is 1. The van der Waals surface area contributed by atoms with Gasteiger partial charge in [-0.2, -0.15) is 0 Å². The highest BCUT2D eigenvalue weighted by Crippen LogP contribution is 2.27. The van der Waals surface area contributed by atoms with Gasteiger partial charge in [-0.3, -0.25) is 4.79 Å². The minimum absolute atomic E-state index is 0.0492. The molecule has 0 bridgehead atoms. The van der Waals surface area contributed by atoms with Crippen LogP contribution in [0.2, 0.25) is 0 Å². The SMILES string of the molecule is C[C@H](NC(=O)C(N)c1cccs1)C1CCCC1. The highest BCUT2D eigenvalue weighted by atomic mass is 32.1. The molecular formula is C13H20N2OS. The molecule has 94 valence electrons. The molecular weight excluding hydrogens is 232 g/mol. The average Bonchev–Trinajstić information content (AvgIpc) is 3.00. The van der Waals surface area contributed by atoms with E-state index in [-0.39, 0.29) is 11.9 Å². The maximum atomic E-state index is 12.0. The monoisotopic (exact) mass is 252 g/mol. The van der Waals surface area contributed by atoms with E-state index in [4.69, 9.17) is 5.73 Å². The van der Waals surface area contributed by atoms with E-state index in [9.17, 15) is 4.79 Å². The lowest BCUT2D eigenvalue weighted by atomic mass is 9.99. The van der Waals surface area contributed by atoms with Gasteiger partial charge in [0.2, 0.25) is 5.91 Å². The molecule has 1 aromatic heterocycles. The van der Waals surface area contributed by atoms with Crippen molar-refractivity contribution in [3.05, 3.63) is 22.4 Å². The lowest BCUT2D eigenvalue weighted by Gasteiger charge is -2.22. The molecule has 3 nitrogen and oxygen atoms in total. The highest BCUT2D eigenvalue weighted by molar-refractivity contribution is 7.10. The fourth-order valence-electron chi connectivity index (χ4n) is 2.49. The molecule has 0 radical (unpaired) electrons. The second-order valence-electron chi connectivity index (χ2n) is 4.83. The molecule has 0 spiro atoms. The Morgan fingerprint density at radius 1 is 1.53 bits per heavy atom. The highest BCUT2D eigenvalue weighted by Gasteiger charge is 2.25. The number of carbonyl (C=O) groups excluding carboxylic acids is 1. The topological polar surface area (TPSA) is 55.1 Å². The predicted molar refractivity (Wildman–Crippen MR) is 70.8 cm³/mol. The van der Waals surface area contributed by atoms with Gasteiger partial charge < -0.3 is 11.1 Å². The van der Waals surface area contributed by atoms with Crippen molar-refractivity contribution in [2.75, 3.05) is 0 Å². The van der Waals surface area contributed by atoms with Crippen LogP contribution in [-0.4, -0.2) is 11.9 Å². The van der Waals surface area contributed by atoms with E-state index in [1.165, 1.54) is 37.0 Å². The molecule has 0 aromatic carbocycles. The molecule has 1 unspecified atom stereocenters. The second-order valence-corrected chi connectivity index (χ2v) is 5.81. The van der Waals surface area contributed by atoms with E-state index >= 15 is 0 Å². The van der Waals surface area contributed by atoms with Gasteiger partial charge in [-0.05, 0) is 37.1 Å². The zero-order chi connectivity index (χ0) is 12.3. The van der Waals surface area contributed by atoms with Crippen LogP contribution in [0.15, 0.2) is 17.5 Å². The van der Waals surface area contributed by atoms with E-state index in [1.54, 1.807) is 0 Å². The van der Waals surface area contributed by atoms with Crippen molar-refractivity contribution >= 4 is 17.2 Å². The Kier molecular flexibility index (Phi) is 4.18. The Labute approximate surface area is 106 Å². The van der Waals surface area contributed by atoms with E-state index < -0.39 is 6.04 Å². The third-order valence-corrected chi connectivity index (χ3v) is 4.56. The van der Waals surface area contributed by atoms with Gasteiger partial charge in [0, 0.05) is 10.9 Å². The quantitative estimate of drug-likeness (QED) is 0.864. The van der Waals surface area contributed by atoms with Crippen LogP contribution >= 0.6 is 11.3 Å². The largest absolute Gasteiger partial charge is 0.352 e. The van der Waals surface area contributed by atoms with Crippen molar-refractivity contribution in [2.45, 2.75) is 44.7 Å². The van der Waals surface area contributed by atoms with Crippen LogP contribution in [0.3, 0.4) is 0 Å². The summed E-state index contributed by atoms with van der Waals surface area (Å²) in [6.07, 6.45) is 5.05. The Balaban J connectivity index is 1.87. The smallest absolute Gasteiger partial charge is 0.242 e. The van der Waals surface area contributed by atoms with Crippen LogP contribution in [-0.2, 0) is 4.79 Å². The third-order valence-electron chi connectivity index (χ3n) is 3.61. The summed E-state index contributed by atoms with van der Waals surface area (Å²) in [7, 11) is 0. The molecule has 1 saturated carbocycles. The van der Waals surface area contributed by atoms with Gasteiger partial charge in [0.1, 0.15) is 6.04 Å². The maximum Gasteiger partial charge on any atom is 0.242 e. The fraction of sp³-hybridized carbons (Fsp3) is 0.615. The van der Waals surface area contributed by atoms with Gasteiger partial charge in [-0.1, -0.05) is 18.9 Å². The number of thiophene rings is 1. The normalized spacial score (nSPS) is 20.1. The number of rotatable bonds is 4. The number of hydrogen-bond acceptors (Lipinski definition) is 3. The summed E-state index contributed by atoms with van der Waals surface area (Å²) in [6, 6.07) is 3.57. The summed E-state index contributed by atoms with van der Waals surface area (Å²) in [6.45, 7) is 2.09. The van der Waals surface area contributed by atoms with Gasteiger partial charge >= 0.3 is 0 Å². The van der Waals surface area contributed by atoms with E-state index in [1.807, 2.05) is 17.5 Å². The summed E-state index contributed by atoms with van der Waals surface area (Å²) in [5.41, 5.74) is 5.93. The summed E-state index contributed by atoms with van der Waals surface area (Å²) in [4.78, 5) is 12.9. The van der Waals surface area contributed by atoms with Crippen molar-refractivity contribution in [2.24, 2.45) is 11.7 Å². The van der Waals surface area contributed by atoms with Crippen LogP contribution in [0.4, 0.5) is 0 Å². The molecule has 1 amide bonds. The van der Waals surface area contributed by atoms with Crippen molar-refractivity contribution < 1.29 is 4.79 Å². The minimum atomic E-state index is -0.515. The maximum absolute atomic E-state index is 12.0. The minimum Gasteiger partial charge on any atom is -0.352 e. The first-order valence-corrected chi connectivity index (χ1v) is 7.16. The Hall–Kier alpha value is -0.870. The van der Waals surface area contributed by atoms with E-state index in [2.05, 4.69) is 12.2 Å². The molecule has 0 saturated heterocycles. The predicted octanol–water partition coefficient (Wildman–Crippen LogP) is 2.44. The first-order chi connectivity index (χ1) is 8.18. The van der Waals surface area contributed by atoms with Crippen LogP contribution in [0.25, 0.3) is 0 Å². The lowest BCUT2D eigenvalue weighted by molar-refractivity contribution is -0.123. The van der Waals surface area contributed by atoms with Crippen molar-refractivity contribution in [3.8, 4) is 0 Å². The summed E-state index contributed by atoms with van der Waals surface area (Å²) < 4.78 is 0. The van der Waals surface area contributed by atoms with Crippen LogP contribution in [0, 0.1) is 5.92 Å². The van der Waals surface area contributed by atoms with Crippen molar-refractivity contribution in [1.29, 1.82) is 0 Å². The van der Waals surface area contributed by atoms with Crippen molar-refractivity contribution in [1.82, 2.24) is 5.32 Å². The lowest BCUT2D eigenvalue weighted by Crippen LogP contribution is -2.42. The van der Waals surface area contributed by atoms with Gasteiger partial charge in [-0.25, -0.2) is 0 Å². The third kappa shape index (κ3) is 3.07. The van der Waals surface area contributed by atoms with Crippen LogP contribution in [0.5, 0.6) is 0 Å². The summed E-state index contributed by atoms with van der Waals surface area (Å²) >= 11 is 1.53. The Morgan fingerprint density at radius 3 is 2.82 bits per heavy atom. The molecule has 17 heavy (non-hydrogen) atoms. The zero-order valence-corrected chi connectivity index (χ0v) is 11.0. The number of hydrogen-bond donors (Lipinski definition) is 2. The zero-order valence-electron chi connectivity index (χ0n) is 10.2. The summed E-state index contributed by atoms with van der Waals surface area (Å²) in [5.74, 6) is 0.585. The molecule has 1 aromatic rings. The molecule has 1 aliphatic carbocycles. The van der Waals surface area contributed by atoms with Gasteiger partial charge in [-0.15, -0.1) is 11.3 Å². The Bertz CT molecular complexity index is 358. The van der Waals surface area contributed by atoms with Gasteiger partial charge in [0.15, 0.2) is 0 Å². The molecule has 1 fully saturated rings. The van der Waals surface area contributed by atoms with E-state index in [0.717, 1.165) is 4.88 Å². The molecule has 3 N–H and O–H groups in total. The molecule has 1 aliphatic rings. The van der Waals surface area contributed by atoms with Crippen LogP contribution in [0.1, 0.15) is 43.5 Å². The molecule has 1 heterocycles. The fourth-order valence-corrected chi connectivity index (χ4v) is 3.21. The number of nitrogens with two attached hydrogens (primary N) is 1. The first-order valence-electron chi connectivity index (χ1n) is 6.28. The van der Waals surface area contributed by atoms with Gasteiger partial charge in [0.05, 0.1) is 0 Å². The Morgan fingerprint density at radius 2 is 2.24 bits per heavy atom. The number of nitrogens with one attached hydrogen (secondary N) is 1. The molecule has 2 atom stereocenters. The van der Waals surface area contributed by atoms with Crippen LogP contribution < -0.4 is 11.1 Å². The second kappa shape index (κ2) is 5.65. The summed E-state index contributed by atoms with van der Waals surface area (Å²) in [5, 5.41) is 5.00. The van der Waals surface area contributed by atoms with E-state index in [0.29, 0.717) is 5.92 Å². The van der Waals surface area contributed by atoms with Crippen molar-refractivity contribution in [3.63, 3.8) is 0 Å². The first kappa shape index (κ1) is 12.6. The van der Waals surface area contributed by atoms with Gasteiger partial charge in [0.25, 0.3) is 0 Å².